The lowest BCUT2D eigenvalue weighted by Crippen LogP contribution is -2.39. The molecule has 176 valence electrons. The zero-order valence-corrected chi connectivity index (χ0v) is 20.7. The number of nitrogens with one attached hydrogen (secondary N) is 2. The van der Waals surface area contributed by atoms with Crippen molar-refractivity contribution >= 4 is 11.8 Å². The summed E-state index contributed by atoms with van der Waals surface area (Å²) in [5.74, 6) is 1.56. The van der Waals surface area contributed by atoms with Crippen molar-refractivity contribution in [2.24, 2.45) is 0 Å². The summed E-state index contributed by atoms with van der Waals surface area (Å²) < 4.78 is 7.50. The molecule has 32 heavy (non-hydrogen) atoms. The van der Waals surface area contributed by atoms with Crippen LogP contribution >= 0.6 is 0 Å². The minimum absolute atomic E-state index is 0.0667. The van der Waals surface area contributed by atoms with E-state index in [9.17, 15) is 4.79 Å². The number of rotatable bonds is 6. The van der Waals surface area contributed by atoms with Gasteiger partial charge in [0.2, 0.25) is 0 Å². The minimum atomic E-state index is -0.248. The lowest BCUT2D eigenvalue weighted by molar-refractivity contribution is 0.224. The zero-order valence-electron chi connectivity index (χ0n) is 20.7. The molecule has 0 radical (unpaired) electrons. The molecule has 2 N–H and O–H groups in total. The van der Waals surface area contributed by atoms with Crippen molar-refractivity contribution < 1.29 is 9.53 Å². The number of likely N-dealkylation sites (tertiary alicyclic amines) is 1. The van der Waals surface area contributed by atoms with E-state index in [4.69, 9.17) is 9.84 Å². The molecule has 1 aliphatic heterocycles. The monoisotopic (exact) mass is 441 g/mol. The number of carbonyl (C=O) groups excluding carboxylic acids is 1. The summed E-state index contributed by atoms with van der Waals surface area (Å²) in [4.78, 5) is 15.4. The molecule has 2 amide bonds. The Morgan fingerprint density at radius 2 is 1.78 bits per heavy atom. The van der Waals surface area contributed by atoms with Gasteiger partial charge >= 0.3 is 6.03 Å². The number of carbonyl (C=O) groups is 1. The molecule has 1 atom stereocenters. The van der Waals surface area contributed by atoms with Crippen LogP contribution in [0.2, 0.25) is 0 Å². The molecule has 1 aromatic carbocycles. The molecule has 1 aromatic heterocycles. The number of para-hydroxylation sites is 1. The van der Waals surface area contributed by atoms with Crippen LogP contribution < -0.4 is 15.4 Å². The Bertz CT molecular complexity index is 917. The van der Waals surface area contributed by atoms with Gasteiger partial charge in [-0.1, -0.05) is 39.0 Å². The molecule has 2 aromatic rings. The standard InChI is InChI=1S/C25H39N5O2/c1-24(2,3)21-16-22(30(28-21)25(4,5)6)27-23(31)26-17-19(29-14-10-11-15-29)18-12-8-9-13-20(18)32-7/h8-9,12-13,16,19H,10-11,14-15,17H2,1-7H3,(H2,26,27,31). The lowest BCUT2D eigenvalue weighted by atomic mass is 9.92. The summed E-state index contributed by atoms with van der Waals surface area (Å²) in [6, 6.07) is 9.89. The second-order valence-electron chi connectivity index (χ2n) is 10.6. The highest BCUT2D eigenvalue weighted by Crippen LogP contribution is 2.31. The largest absolute Gasteiger partial charge is 0.496 e. The van der Waals surface area contributed by atoms with Gasteiger partial charge < -0.3 is 10.1 Å². The number of urea groups is 1. The van der Waals surface area contributed by atoms with Crippen LogP contribution in [0.15, 0.2) is 30.3 Å². The fourth-order valence-electron chi connectivity index (χ4n) is 4.13. The summed E-state index contributed by atoms with van der Waals surface area (Å²) in [5, 5.41) is 10.9. The van der Waals surface area contributed by atoms with E-state index in [1.165, 1.54) is 12.8 Å². The van der Waals surface area contributed by atoms with Gasteiger partial charge in [0.1, 0.15) is 11.6 Å². The molecule has 1 aliphatic rings. The summed E-state index contributed by atoms with van der Waals surface area (Å²) in [7, 11) is 1.69. The second-order valence-corrected chi connectivity index (χ2v) is 10.6. The van der Waals surface area contributed by atoms with E-state index < -0.39 is 0 Å². The second kappa shape index (κ2) is 9.53. The summed E-state index contributed by atoms with van der Waals surface area (Å²) >= 11 is 0. The first-order chi connectivity index (χ1) is 15.0. The first-order valence-corrected chi connectivity index (χ1v) is 11.5. The fourth-order valence-corrected chi connectivity index (χ4v) is 4.13. The molecular weight excluding hydrogens is 402 g/mol. The van der Waals surface area contributed by atoms with Crippen molar-refractivity contribution in [1.82, 2.24) is 20.0 Å². The Kier molecular flexibility index (Phi) is 7.18. The Morgan fingerprint density at radius 3 is 2.38 bits per heavy atom. The van der Waals surface area contributed by atoms with Crippen molar-refractivity contribution in [3.05, 3.63) is 41.6 Å². The van der Waals surface area contributed by atoms with Crippen LogP contribution in [0.5, 0.6) is 5.75 Å². The first kappa shape index (κ1) is 24.1. The molecule has 0 saturated carbocycles. The topological polar surface area (TPSA) is 71.4 Å². The van der Waals surface area contributed by atoms with Crippen molar-refractivity contribution in [3.63, 3.8) is 0 Å². The van der Waals surface area contributed by atoms with Crippen LogP contribution in [0.4, 0.5) is 10.6 Å². The van der Waals surface area contributed by atoms with Crippen LogP contribution in [-0.2, 0) is 11.0 Å². The van der Waals surface area contributed by atoms with Crippen LogP contribution in [-0.4, -0.2) is 47.5 Å². The molecule has 1 saturated heterocycles. The maximum Gasteiger partial charge on any atom is 0.320 e. The van der Waals surface area contributed by atoms with Gasteiger partial charge in [-0.15, -0.1) is 0 Å². The van der Waals surface area contributed by atoms with E-state index in [2.05, 4.69) is 63.1 Å². The van der Waals surface area contributed by atoms with Gasteiger partial charge in [0.15, 0.2) is 0 Å². The fraction of sp³-hybridized carbons (Fsp3) is 0.600. The molecule has 7 heteroatoms. The van der Waals surface area contributed by atoms with E-state index in [1.54, 1.807) is 7.11 Å². The number of hydrogen-bond acceptors (Lipinski definition) is 4. The number of anilines is 1. The molecule has 2 heterocycles. The van der Waals surface area contributed by atoms with E-state index in [1.807, 2.05) is 28.9 Å². The Morgan fingerprint density at radius 1 is 1.12 bits per heavy atom. The number of amides is 2. The lowest BCUT2D eigenvalue weighted by Gasteiger charge is -2.29. The Labute approximate surface area is 192 Å². The van der Waals surface area contributed by atoms with Gasteiger partial charge in [-0.05, 0) is 52.8 Å². The molecule has 3 rings (SSSR count). The van der Waals surface area contributed by atoms with E-state index in [0.717, 1.165) is 30.1 Å². The smallest absolute Gasteiger partial charge is 0.320 e. The van der Waals surface area contributed by atoms with Crippen molar-refractivity contribution in [3.8, 4) is 5.75 Å². The Hall–Kier alpha value is -2.54. The average Bonchev–Trinajstić information content (AvgIpc) is 3.38. The molecule has 0 bridgehead atoms. The molecule has 1 fully saturated rings. The third-order valence-electron chi connectivity index (χ3n) is 5.89. The van der Waals surface area contributed by atoms with Gasteiger partial charge in [-0.25, -0.2) is 9.48 Å². The Balaban J connectivity index is 1.77. The van der Waals surface area contributed by atoms with Gasteiger partial charge in [0, 0.05) is 23.6 Å². The minimum Gasteiger partial charge on any atom is -0.496 e. The van der Waals surface area contributed by atoms with E-state index in [-0.39, 0.29) is 23.0 Å². The predicted octanol–water partition coefficient (Wildman–Crippen LogP) is 4.90. The van der Waals surface area contributed by atoms with Crippen molar-refractivity contribution in [2.75, 3.05) is 32.1 Å². The molecule has 1 unspecified atom stereocenters. The third kappa shape index (κ3) is 5.63. The third-order valence-corrected chi connectivity index (χ3v) is 5.89. The van der Waals surface area contributed by atoms with E-state index >= 15 is 0 Å². The van der Waals surface area contributed by atoms with Gasteiger partial charge in [0.05, 0.1) is 24.4 Å². The van der Waals surface area contributed by atoms with Crippen LogP contribution in [0, 0.1) is 0 Å². The highest BCUT2D eigenvalue weighted by Gasteiger charge is 2.28. The maximum absolute atomic E-state index is 12.9. The number of hydrogen-bond donors (Lipinski definition) is 2. The number of ether oxygens (including phenoxy) is 1. The molecule has 7 nitrogen and oxygen atoms in total. The number of methoxy groups -OCH3 is 1. The molecule has 0 spiro atoms. The molecular formula is C25H39N5O2. The first-order valence-electron chi connectivity index (χ1n) is 11.5. The van der Waals surface area contributed by atoms with Crippen LogP contribution in [0.25, 0.3) is 0 Å². The summed E-state index contributed by atoms with van der Waals surface area (Å²) in [6.07, 6.45) is 2.36. The van der Waals surface area contributed by atoms with Gasteiger partial charge in [-0.2, -0.15) is 5.10 Å². The summed E-state index contributed by atoms with van der Waals surface area (Å²) in [5.41, 5.74) is 1.70. The summed E-state index contributed by atoms with van der Waals surface area (Å²) in [6.45, 7) is 15.2. The average molecular weight is 442 g/mol. The highest BCUT2D eigenvalue weighted by atomic mass is 16.5. The number of benzene rings is 1. The van der Waals surface area contributed by atoms with Crippen LogP contribution in [0.1, 0.15) is 71.7 Å². The number of aromatic nitrogens is 2. The van der Waals surface area contributed by atoms with Gasteiger partial charge in [-0.3, -0.25) is 10.2 Å². The van der Waals surface area contributed by atoms with Crippen molar-refractivity contribution in [1.29, 1.82) is 0 Å². The van der Waals surface area contributed by atoms with Crippen molar-refractivity contribution in [2.45, 2.75) is 71.4 Å². The quantitative estimate of drug-likeness (QED) is 0.669. The zero-order chi connectivity index (χ0) is 23.5. The molecule has 0 aliphatic carbocycles. The number of nitrogens with zero attached hydrogens (tertiary/aromatic N) is 3. The van der Waals surface area contributed by atoms with E-state index in [0.29, 0.717) is 12.4 Å². The van der Waals surface area contributed by atoms with Gasteiger partial charge in [0.25, 0.3) is 0 Å². The normalized spacial score (nSPS) is 16.1. The maximum atomic E-state index is 12.9. The predicted molar refractivity (Wildman–Crippen MR) is 129 cm³/mol. The highest BCUT2D eigenvalue weighted by molar-refractivity contribution is 5.88. The van der Waals surface area contributed by atoms with Crippen LogP contribution in [0.3, 0.4) is 0 Å². The SMILES string of the molecule is COc1ccccc1C(CNC(=O)Nc1cc(C(C)(C)C)nn1C(C)(C)C)N1CCCC1.